The number of anilines is 1. The van der Waals surface area contributed by atoms with Gasteiger partial charge in [0.1, 0.15) is 23.2 Å². The van der Waals surface area contributed by atoms with Crippen LogP contribution in [0, 0.1) is 0 Å². The lowest BCUT2D eigenvalue weighted by Crippen LogP contribution is -2.49. The van der Waals surface area contributed by atoms with E-state index in [1.54, 1.807) is 50.4 Å². The predicted octanol–water partition coefficient (Wildman–Crippen LogP) is 2.77. The minimum absolute atomic E-state index is 0.145. The van der Waals surface area contributed by atoms with Gasteiger partial charge in [-0.25, -0.2) is 4.98 Å². The second-order valence-corrected chi connectivity index (χ2v) is 7.48. The number of benzene rings is 1. The lowest BCUT2D eigenvalue weighted by atomic mass is 10.0. The number of carbonyl (C=O) groups is 1. The average Bonchev–Trinajstić information content (AvgIpc) is 3.29. The SMILES string of the molecule is COc1ccc(-c2noc(C(C)O)c2C(=O)N2CCN(c3ccccn3)CC2)cc1OC. The second-order valence-electron chi connectivity index (χ2n) is 7.48. The molecule has 1 aromatic carbocycles. The van der Waals surface area contributed by atoms with E-state index in [-0.39, 0.29) is 17.2 Å². The lowest BCUT2D eigenvalue weighted by molar-refractivity contribution is 0.0735. The average molecular weight is 438 g/mol. The van der Waals surface area contributed by atoms with Gasteiger partial charge in [-0.05, 0) is 37.3 Å². The van der Waals surface area contributed by atoms with Crippen molar-refractivity contribution in [2.45, 2.75) is 13.0 Å². The molecule has 0 aliphatic carbocycles. The van der Waals surface area contributed by atoms with Gasteiger partial charge in [0.15, 0.2) is 17.3 Å². The third-order valence-electron chi connectivity index (χ3n) is 5.51. The Balaban J connectivity index is 1.62. The zero-order valence-corrected chi connectivity index (χ0v) is 18.3. The molecule has 0 bridgehead atoms. The van der Waals surface area contributed by atoms with Gasteiger partial charge in [0, 0.05) is 37.9 Å². The topological polar surface area (TPSA) is 101 Å². The van der Waals surface area contributed by atoms with Gasteiger partial charge in [-0.3, -0.25) is 4.79 Å². The summed E-state index contributed by atoms with van der Waals surface area (Å²) in [5, 5.41) is 14.3. The van der Waals surface area contributed by atoms with Crippen LogP contribution >= 0.6 is 0 Å². The van der Waals surface area contributed by atoms with Crippen LogP contribution in [0.2, 0.25) is 0 Å². The number of hydrogen-bond acceptors (Lipinski definition) is 8. The molecule has 32 heavy (non-hydrogen) atoms. The maximum absolute atomic E-state index is 13.5. The first-order valence-corrected chi connectivity index (χ1v) is 10.4. The van der Waals surface area contributed by atoms with E-state index in [1.807, 2.05) is 18.2 Å². The molecule has 3 aromatic rings. The standard InChI is InChI=1S/C23H26N4O5/c1-15(28)22-20(21(25-32-22)16-7-8-17(30-2)18(14-16)31-3)23(29)27-12-10-26(11-13-27)19-6-4-5-9-24-19/h4-9,14-15,28H,10-13H2,1-3H3. The van der Waals surface area contributed by atoms with E-state index in [0.29, 0.717) is 48.9 Å². The van der Waals surface area contributed by atoms with Gasteiger partial charge >= 0.3 is 0 Å². The van der Waals surface area contributed by atoms with Gasteiger partial charge < -0.3 is 28.9 Å². The summed E-state index contributed by atoms with van der Waals surface area (Å²) in [6, 6.07) is 11.0. The number of methoxy groups -OCH3 is 2. The van der Waals surface area contributed by atoms with Crippen molar-refractivity contribution in [1.29, 1.82) is 0 Å². The molecule has 0 saturated carbocycles. The second kappa shape index (κ2) is 9.27. The van der Waals surface area contributed by atoms with Crippen LogP contribution < -0.4 is 14.4 Å². The van der Waals surface area contributed by atoms with Gasteiger partial charge in [0.2, 0.25) is 0 Å². The Morgan fingerprint density at radius 1 is 1.09 bits per heavy atom. The first-order chi connectivity index (χ1) is 15.5. The smallest absolute Gasteiger partial charge is 0.259 e. The lowest BCUT2D eigenvalue weighted by Gasteiger charge is -2.35. The van der Waals surface area contributed by atoms with E-state index < -0.39 is 6.10 Å². The Morgan fingerprint density at radius 2 is 1.84 bits per heavy atom. The first-order valence-electron chi connectivity index (χ1n) is 10.4. The van der Waals surface area contributed by atoms with E-state index in [0.717, 1.165) is 5.82 Å². The number of aliphatic hydroxyl groups is 1. The number of amides is 1. The Kier molecular flexibility index (Phi) is 6.27. The van der Waals surface area contributed by atoms with E-state index in [1.165, 1.54) is 0 Å². The summed E-state index contributed by atoms with van der Waals surface area (Å²) >= 11 is 0. The van der Waals surface area contributed by atoms with Crippen molar-refractivity contribution < 1.29 is 23.9 Å². The summed E-state index contributed by atoms with van der Waals surface area (Å²) in [5.74, 6) is 1.88. The van der Waals surface area contributed by atoms with Gasteiger partial charge in [0.25, 0.3) is 5.91 Å². The number of rotatable bonds is 6. The molecule has 1 unspecified atom stereocenters. The molecule has 1 N–H and O–H groups in total. The Bertz CT molecular complexity index is 1080. The van der Waals surface area contributed by atoms with Crippen molar-refractivity contribution in [1.82, 2.24) is 15.0 Å². The summed E-state index contributed by atoms with van der Waals surface area (Å²) in [5.41, 5.74) is 1.26. The molecule has 3 heterocycles. The van der Waals surface area contributed by atoms with Crippen LogP contribution in [-0.2, 0) is 0 Å². The highest BCUT2D eigenvalue weighted by molar-refractivity contribution is 6.01. The first kappa shape index (κ1) is 21.6. The summed E-state index contributed by atoms with van der Waals surface area (Å²) in [7, 11) is 3.09. The number of carbonyl (C=O) groups excluding carboxylic acids is 1. The molecule has 1 aliphatic rings. The molecule has 168 valence electrons. The molecule has 0 radical (unpaired) electrons. The maximum Gasteiger partial charge on any atom is 0.259 e. The van der Waals surface area contributed by atoms with Crippen molar-refractivity contribution in [3.63, 3.8) is 0 Å². The molecule has 1 saturated heterocycles. The fraction of sp³-hybridized carbons (Fsp3) is 0.348. The van der Waals surface area contributed by atoms with Gasteiger partial charge in [-0.1, -0.05) is 11.2 Å². The third kappa shape index (κ3) is 4.11. The number of ether oxygens (including phenoxy) is 2. The highest BCUT2D eigenvalue weighted by atomic mass is 16.5. The van der Waals surface area contributed by atoms with Crippen molar-refractivity contribution >= 4 is 11.7 Å². The normalized spacial score (nSPS) is 14.9. The highest BCUT2D eigenvalue weighted by Gasteiger charge is 2.32. The molecule has 1 fully saturated rings. The third-order valence-corrected chi connectivity index (χ3v) is 5.51. The van der Waals surface area contributed by atoms with Crippen LogP contribution in [0.4, 0.5) is 5.82 Å². The molecule has 1 amide bonds. The maximum atomic E-state index is 13.5. The van der Waals surface area contributed by atoms with E-state index >= 15 is 0 Å². The number of pyridine rings is 1. The fourth-order valence-electron chi connectivity index (χ4n) is 3.81. The fourth-order valence-corrected chi connectivity index (χ4v) is 3.81. The van der Waals surface area contributed by atoms with E-state index in [2.05, 4.69) is 15.0 Å². The Hall–Kier alpha value is -3.59. The molecule has 2 aromatic heterocycles. The summed E-state index contributed by atoms with van der Waals surface area (Å²) in [4.78, 5) is 21.8. The minimum Gasteiger partial charge on any atom is -0.493 e. The summed E-state index contributed by atoms with van der Waals surface area (Å²) in [6.45, 7) is 3.90. The minimum atomic E-state index is -0.981. The van der Waals surface area contributed by atoms with Crippen LogP contribution in [0.1, 0.15) is 29.1 Å². The van der Waals surface area contributed by atoms with E-state index in [9.17, 15) is 9.90 Å². The van der Waals surface area contributed by atoms with Gasteiger partial charge in [-0.2, -0.15) is 0 Å². The largest absolute Gasteiger partial charge is 0.493 e. The molecular weight excluding hydrogens is 412 g/mol. The molecule has 1 aliphatic heterocycles. The number of hydrogen-bond donors (Lipinski definition) is 1. The van der Waals surface area contributed by atoms with Crippen molar-refractivity contribution in [2.24, 2.45) is 0 Å². The zero-order valence-electron chi connectivity index (χ0n) is 18.3. The number of aliphatic hydroxyl groups excluding tert-OH is 1. The van der Waals surface area contributed by atoms with Crippen LogP contribution in [-0.4, -0.2) is 66.5 Å². The highest BCUT2D eigenvalue weighted by Crippen LogP contribution is 2.36. The summed E-state index contributed by atoms with van der Waals surface area (Å²) < 4.78 is 16.1. The van der Waals surface area contributed by atoms with Crippen molar-refractivity contribution in [3.05, 3.63) is 53.9 Å². The van der Waals surface area contributed by atoms with Crippen LogP contribution in [0.15, 0.2) is 47.1 Å². The number of piperazine rings is 1. The Labute approximate surface area is 186 Å². The van der Waals surface area contributed by atoms with Crippen molar-refractivity contribution in [3.8, 4) is 22.8 Å². The van der Waals surface area contributed by atoms with Crippen LogP contribution in [0.25, 0.3) is 11.3 Å². The van der Waals surface area contributed by atoms with Crippen LogP contribution in [0.5, 0.6) is 11.5 Å². The van der Waals surface area contributed by atoms with E-state index in [4.69, 9.17) is 14.0 Å². The number of aromatic nitrogens is 2. The molecular formula is C23H26N4O5. The van der Waals surface area contributed by atoms with Gasteiger partial charge in [0.05, 0.1) is 14.2 Å². The van der Waals surface area contributed by atoms with Crippen molar-refractivity contribution in [2.75, 3.05) is 45.3 Å². The quantitative estimate of drug-likeness (QED) is 0.627. The Morgan fingerprint density at radius 3 is 2.47 bits per heavy atom. The molecule has 4 rings (SSSR count). The summed E-state index contributed by atoms with van der Waals surface area (Å²) in [6.07, 6.45) is 0.777. The number of nitrogens with zero attached hydrogens (tertiary/aromatic N) is 4. The zero-order chi connectivity index (χ0) is 22.7. The van der Waals surface area contributed by atoms with Gasteiger partial charge in [-0.15, -0.1) is 0 Å². The molecule has 1 atom stereocenters. The predicted molar refractivity (Wildman–Crippen MR) is 118 cm³/mol. The van der Waals surface area contributed by atoms with Crippen LogP contribution in [0.3, 0.4) is 0 Å². The molecule has 0 spiro atoms. The molecule has 9 nitrogen and oxygen atoms in total. The monoisotopic (exact) mass is 438 g/mol. The molecule has 9 heteroatoms.